The van der Waals surface area contributed by atoms with E-state index in [1.165, 1.54) is 0 Å². The van der Waals surface area contributed by atoms with Gasteiger partial charge in [0, 0.05) is 13.1 Å². The maximum atomic E-state index is 12.7. The highest BCUT2D eigenvalue weighted by atomic mass is 16.5. The molecule has 20 heavy (non-hydrogen) atoms. The lowest BCUT2D eigenvalue weighted by molar-refractivity contribution is -0.138. The summed E-state index contributed by atoms with van der Waals surface area (Å²) in [4.78, 5) is 21.2. The van der Waals surface area contributed by atoms with E-state index in [2.05, 4.69) is 22.1 Å². The van der Waals surface area contributed by atoms with Gasteiger partial charge in [-0.15, -0.1) is 0 Å². The molecule has 0 aliphatic carbocycles. The van der Waals surface area contributed by atoms with Crippen molar-refractivity contribution >= 4 is 5.91 Å². The fourth-order valence-electron chi connectivity index (χ4n) is 3.34. The maximum Gasteiger partial charge on any atom is 0.249 e. The van der Waals surface area contributed by atoms with Gasteiger partial charge in [-0.25, -0.2) is 0 Å². The maximum absolute atomic E-state index is 12.7. The second-order valence-electron chi connectivity index (χ2n) is 5.97. The van der Waals surface area contributed by atoms with Crippen molar-refractivity contribution in [1.29, 1.82) is 0 Å². The number of piperidine rings is 1. The monoisotopic (exact) mass is 278 g/mol. The van der Waals surface area contributed by atoms with E-state index in [0.29, 0.717) is 11.7 Å². The first-order chi connectivity index (χ1) is 9.65. The average molecular weight is 278 g/mol. The van der Waals surface area contributed by atoms with Crippen molar-refractivity contribution in [2.75, 3.05) is 26.7 Å². The summed E-state index contributed by atoms with van der Waals surface area (Å²) in [6.07, 6.45) is 4.04. The molecule has 1 amide bonds. The van der Waals surface area contributed by atoms with E-state index >= 15 is 0 Å². The molecule has 2 atom stereocenters. The van der Waals surface area contributed by atoms with Crippen LogP contribution in [-0.2, 0) is 4.79 Å². The van der Waals surface area contributed by atoms with E-state index in [9.17, 15) is 4.79 Å². The minimum absolute atomic E-state index is 0.0177. The Morgan fingerprint density at radius 1 is 1.30 bits per heavy atom. The summed E-state index contributed by atoms with van der Waals surface area (Å²) in [5.41, 5.74) is 0. The first-order valence-corrected chi connectivity index (χ1v) is 7.44. The van der Waals surface area contributed by atoms with Crippen molar-refractivity contribution in [1.82, 2.24) is 19.9 Å². The van der Waals surface area contributed by atoms with Crippen LogP contribution in [0.15, 0.2) is 4.52 Å². The Morgan fingerprint density at radius 3 is 2.80 bits per heavy atom. The summed E-state index contributed by atoms with van der Waals surface area (Å²) in [7, 11) is 2.09. The van der Waals surface area contributed by atoms with Crippen molar-refractivity contribution in [2.24, 2.45) is 5.92 Å². The topological polar surface area (TPSA) is 62.5 Å². The van der Waals surface area contributed by atoms with Gasteiger partial charge in [-0.1, -0.05) is 5.16 Å². The van der Waals surface area contributed by atoms with E-state index in [1.54, 1.807) is 0 Å². The number of nitrogens with zero attached hydrogens (tertiary/aromatic N) is 4. The van der Waals surface area contributed by atoms with Gasteiger partial charge in [-0.05, 0) is 46.2 Å². The number of amides is 1. The van der Waals surface area contributed by atoms with E-state index in [-0.39, 0.29) is 17.9 Å². The number of aryl methyl sites for hydroxylation is 1. The normalized spacial score (nSPS) is 28.0. The van der Waals surface area contributed by atoms with Gasteiger partial charge in [0.25, 0.3) is 0 Å². The standard InChI is InChI=1S/C14H22N4O2/c1-10-15-13(20-16-10)12-6-4-8-18(12)14(19)11-5-3-7-17(2)9-11/h11-12H,3-9H2,1-2H3. The molecule has 6 nitrogen and oxygen atoms in total. The van der Waals surface area contributed by atoms with Crippen LogP contribution in [0.5, 0.6) is 0 Å². The van der Waals surface area contributed by atoms with E-state index in [0.717, 1.165) is 45.3 Å². The van der Waals surface area contributed by atoms with Crippen molar-refractivity contribution in [2.45, 2.75) is 38.6 Å². The third-order valence-electron chi connectivity index (χ3n) is 4.34. The molecule has 3 rings (SSSR count). The molecule has 6 heteroatoms. The van der Waals surface area contributed by atoms with Gasteiger partial charge >= 0.3 is 0 Å². The van der Waals surface area contributed by atoms with Gasteiger partial charge in [-0.2, -0.15) is 4.98 Å². The Labute approximate surface area is 119 Å². The highest BCUT2D eigenvalue weighted by Crippen LogP contribution is 2.33. The van der Waals surface area contributed by atoms with E-state index in [4.69, 9.17) is 4.52 Å². The number of carbonyl (C=O) groups is 1. The number of carbonyl (C=O) groups excluding carboxylic acids is 1. The Hall–Kier alpha value is -1.43. The van der Waals surface area contributed by atoms with Crippen LogP contribution in [0.4, 0.5) is 0 Å². The van der Waals surface area contributed by atoms with Crippen molar-refractivity contribution in [3.05, 3.63) is 11.7 Å². The second-order valence-corrected chi connectivity index (χ2v) is 5.97. The fraction of sp³-hybridized carbons (Fsp3) is 0.786. The summed E-state index contributed by atoms with van der Waals surface area (Å²) < 4.78 is 5.27. The molecule has 0 aromatic carbocycles. The van der Waals surface area contributed by atoms with Crippen LogP contribution in [0.1, 0.15) is 43.4 Å². The zero-order valence-electron chi connectivity index (χ0n) is 12.2. The molecule has 2 unspecified atom stereocenters. The van der Waals surface area contributed by atoms with Gasteiger partial charge in [0.2, 0.25) is 11.8 Å². The smallest absolute Gasteiger partial charge is 0.249 e. The van der Waals surface area contributed by atoms with E-state index < -0.39 is 0 Å². The fourth-order valence-corrected chi connectivity index (χ4v) is 3.34. The molecular formula is C14H22N4O2. The molecule has 1 aromatic rings. The van der Waals surface area contributed by atoms with E-state index in [1.807, 2.05) is 11.8 Å². The number of aromatic nitrogens is 2. The SMILES string of the molecule is Cc1noc(C2CCCN2C(=O)C2CCCN(C)C2)n1. The molecule has 0 saturated carbocycles. The molecular weight excluding hydrogens is 256 g/mol. The molecule has 2 saturated heterocycles. The number of hydrogen-bond acceptors (Lipinski definition) is 5. The molecule has 2 aliphatic rings. The Kier molecular flexibility index (Phi) is 3.74. The lowest BCUT2D eigenvalue weighted by Gasteiger charge is -2.33. The minimum Gasteiger partial charge on any atom is -0.337 e. The predicted molar refractivity (Wildman–Crippen MR) is 72.9 cm³/mol. The largest absolute Gasteiger partial charge is 0.337 e. The Morgan fingerprint density at radius 2 is 2.10 bits per heavy atom. The van der Waals surface area contributed by atoms with Crippen LogP contribution < -0.4 is 0 Å². The molecule has 3 heterocycles. The van der Waals surface area contributed by atoms with Crippen LogP contribution in [0.25, 0.3) is 0 Å². The third kappa shape index (κ3) is 2.57. The van der Waals surface area contributed by atoms with Gasteiger partial charge < -0.3 is 14.3 Å². The average Bonchev–Trinajstić information content (AvgIpc) is 3.06. The molecule has 2 fully saturated rings. The van der Waals surface area contributed by atoms with Gasteiger partial charge in [0.15, 0.2) is 5.82 Å². The summed E-state index contributed by atoms with van der Waals surface area (Å²) in [5.74, 6) is 1.61. The van der Waals surface area contributed by atoms with Crippen LogP contribution in [0, 0.1) is 12.8 Å². The zero-order chi connectivity index (χ0) is 14.1. The van der Waals surface area contributed by atoms with Crippen LogP contribution >= 0.6 is 0 Å². The summed E-state index contributed by atoms with van der Waals surface area (Å²) in [6, 6.07) is -0.0177. The van der Waals surface area contributed by atoms with Gasteiger partial charge in [-0.3, -0.25) is 4.79 Å². The van der Waals surface area contributed by atoms with Crippen LogP contribution in [0.3, 0.4) is 0 Å². The van der Waals surface area contributed by atoms with Crippen molar-refractivity contribution in [3.63, 3.8) is 0 Å². The summed E-state index contributed by atoms with van der Waals surface area (Å²) >= 11 is 0. The minimum atomic E-state index is -0.0177. The second kappa shape index (κ2) is 5.52. The van der Waals surface area contributed by atoms with Gasteiger partial charge in [0.1, 0.15) is 6.04 Å². The Balaban J connectivity index is 1.73. The number of hydrogen-bond donors (Lipinski definition) is 0. The highest BCUT2D eigenvalue weighted by Gasteiger charge is 2.37. The zero-order valence-corrected chi connectivity index (χ0v) is 12.2. The first-order valence-electron chi connectivity index (χ1n) is 7.44. The molecule has 0 spiro atoms. The van der Waals surface area contributed by atoms with Crippen molar-refractivity contribution < 1.29 is 9.32 Å². The predicted octanol–water partition coefficient (Wildman–Crippen LogP) is 1.38. The molecule has 2 aliphatic heterocycles. The Bertz CT molecular complexity index is 487. The molecule has 0 bridgehead atoms. The quantitative estimate of drug-likeness (QED) is 0.818. The number of rotatable bonds is 2. The van der Waals surface area contributed by atoms with Crippen molar-refractivity contribution in [3.8, 4) is 0 Å². The van der Waals surface area contributed by atoms with Crippen LogP contribution in [-0.4, -0.2) is 52.5 Å². The molecule has 1 aromatic heterocycles. The van der Waals surface area contributed by atoms with Gasteiger partial charge in [0.05, 0.1) is 5.92 Å². The highest BCUT2D eigenvalue weighted by molar-refractivity contribution is 5.79. The number of likely N-dealkylation sites (tertiary alicyclic amines) is 2. The molecule has 0 N–H and O–H groups in total. The molecule has 110 valence electrons. The van der Waals surface area contributed by atoms with Crippen LogP contribution in [0.2, 0.25) is 0 Å². The molecule has 0 radical (unpaired) electrons. The lowest BCUT2D eigenvalue weighted by Crippen LogP contribution is -2.43. The summed E-state index contributed by atoms with van der Waals surface area (Å²) in [5, 5.41) is 3.85. The first kappa shape index (κ1) is 13.5. The lowest BCUT2D eigenvalue weighted by atomic mass is 9.96. The summed E-state index contributed by atoms with van der Waals surface area (Å²) in [6.45, 7) is 4.58. The third-order valence-corrected chi connectivity index (χ3v) is 4.34.